The van der Waals surface area contributed by atoms with Crippen molar-refractivity contribution in [1.29, 1.82) is 0 Å². The second-order valence-electron chi connectivity index (χ2n) is 12.1. The quantitative estimate of drug-likeness (QED) is 0.552. The molecule has 0 bridgehead atoms. The van der Waals surface area contributed by atoms with Crippen molar-refractivity contribution in [3.05, 3.63) is 0 Å². The lowest BCUT2D eigenvalue weighted by atomic mass is 9.38. The van der Waals surface area contributed by atoms with Gasteiger partial charge in [-0.25, -0.2) is 0 Å². The van der Waals surface area contributed by atoms with Crippen LogP contribution in [-0.2, 0) is 4.79 Å². The van der Waals surface area contributed by atoms with Gasteiger partial charge in [0, 0.05) is 11.8 Å². The molecule has 30 heavy (non-hydrogen) atoms. The lowest BCUT2D eigenvalue weighted by molar-refractivity contribution is -0.251. The van der Waals surface area contributed by atoms with Gasteiger partial charge in [-0.1, -0.05) is 27.7 Å². The zero-order valence-corrected chi connectivity index (χ0v) is 19.2. The summed E-state index contributed by atoms with van der Waals surface area (Å²) in [6, 6.07) is 0. The summed E-state index contributed by atoms with van der Waals surface area (Å²) in [5, 5.41) is 42.5. The fraction of sp³-hybridized carbons (Fsp3) is 0.960. The highest BCUT2D eigenvalue weighted by atomic mass is 16.4. The molecule has 0 aromatic heterocycles. The Morgan fingerprint density at radius 3 is 2.27 bits per heavy atom. The van der Waals surface area contributed by atoms with Crippen molar-refractivity contribution >= 4 is 5.97 Å². The van der Waals surface area contributed by atoms with Crippen molar-refractivity contribution in [3.8, 4) is 0 Å². The monoisotopic (exact) mass is 422 g/mol. The molecular weight excluding hydrogens is 380 g/mol. The number of carboxylic acids is 1. The number of hydrogen-bond donors (Lipinski definition) is 4. The van der Waals surface area contributed by atoms with Crippen molar-refractivity contribution in [1.82, 2.24) is 0 Å². The minimum Gasteiger partial charge on any atom is -0.481 e. The summed E-state index contributed by atoms with van der Waals surface area (Å²) in [6.45, 7) is 9.02. The highest BCUT2D eigenvalue weighted by molar-refractivity contribution is 5.66. The molecule has 4 aliphatic rings. The van der Waals surface area contributed by atoms with Crippen LogP contribution in [0, 0.1) is 45.8 Å². The van der Waals surface area contributed by atoms with Gasteiger partial charge in [-0.05, 0) is 91.8 Å². The van der Waals surface area contributed by atoms with Gasteiger partial charge in [0.05, 0.1) is 18.3 Å². The van der Waals surface area contributed by atoms with Crippen LogP contribution in [0.25, 0.3) is 0 Å². The molecular formula is C25H42O5. The van der Waals surface area contributed by atoms with Gasteiger partial charge in [0.1, 0.15) is 0 Å². The molecule has 0 aromatic rings. The normalized spacial score (nSPS) is 54.0. The molecule has 0 amide bonds. The van der Waals surface area contributed by atoms with Crippen molar-refractivity contribution in [2.45, 2.75) is 104 Å². The van der Waals surface area contributed by atoms with Gasteiger partial charge >= 0.3 is 5.97 Å². The Balaban J connectivity index is 1.67. The molecule has 4 fully saturated rings. The molecule has 4 N–H and O–H groups in total. The third kappa shape index (κ3) is 3.02. The zero-order chi connectivity index (χ0) is 22.1. The first kappa shape index (κ1) is 22.5. The summed E-state index contributed by atoms with van der Waals surface area (Å²) in [7, 11) is 0. The average molecular weight is 423 g/mol. The van der Waals surface area contributed by atoms with Gasteiger partial charge in [-0.3, -0.25) is 4.79 Å². The van der Waals surface area contributed by atoms with E-state index in [-0.39, 0.29) is 46.5 Å². The van der Waals surface area contributed by atoms with Crippen molar-refractivity contribution < 1.29 is 25.2 Å². The van der Waals surface area contributed by atoms with E-state index < -0.39 is 18.2 Å². The number of hydrogen-bond acceptors (Lipinski definition) is 4. The summed E-state index contributed by atoms with van der Waals surface area (Å²) < 4.78 is 0. The SMILES string of the molecule is C[C@H](CCC(=O)O)[C@H]1CC[C@H]2C3(C)[C@@H](O)C[C@@H]4C[C@H](O)CC[C@]4(C)[C@H]3CC(O)[C@]12C. The maximum Gasteiger partial charge on any atom is 0.303 e. The second-order valence-corrected chi connectivity index (χ2v) is 12.1. The van der Waals surface area contributed by atoms with Crippen molar-refractivity contribution in [2.24, 2.45) is 45.8 Å². The smallest absolute Gasteiger partial charge is 0.303 e. The zero-order valence-electron chi connectivity index (χ0n) is 19.2. The predicted octanol–water partition coefficient (Wildman–Crippen LogP) is 3.84. The number of aliphatic hydroxyl groups excluding tert-OH is 3. The molecule has 0 aromatic carbocycles. The topological polar surface area (TPSA) is 98.0 Å². The highest BCUT2D eigenvalue weighted by Crippen LogP contribution is 2.72. The van der Waals surface area contributed by atoms with E-state index in [1.165, 1.54) is 0 Å². The predicted molar refractivity (Wildman–Crippen MR) is 115 cm³/mol. The van der Waals surface area contributed by atoms with Crippen LogP contribution >= 0.6 is 0 Å². The van der Waals surface area contributed by atoms with E-state index in [2.05, 4.69) is 27.7 Å². The van der Waals surface area contributed by atoms with Crippen LogP contribution < -0.4 is 0 Å². The van der Waals surface area contributed by atoms with Gasteiger partial charge in [-0.2, -0.15) is 0 Å². The lowest BCUT2D eigenvalue weighted by Crippen LogP contribution is -2.67. The molecule has 0 aliphatic heterocycles. The van der Waals surface area contributed by atoms with Crippen LogP contribution in [0.5, 0.6) is 0 Å². The molecule has 0 radical (unpaired) electrons. The maximum atomic E-state index is 11.6. The first-order valence-electron chi connectivity index (χ1n) is 12.2. The van der Waals surface area contributed by atoms with E-state index >= 15 is 0 Å². The van der Waals surface area contributed by atoms with Crippen LogP contribution in [0.15, 0.2) is 0 Å². The minimum absolute atomic E-state index is 0.0581. The molecule has 172 valence electrons. The van der Waals surface area contributed by atoms with Crippen molar-refractivity contribution in [3.63, 3.8) is 0 Å². The van der Waals surface area contributed by atoms with E-state index in [0.717, 1.165) is 38.5 Å². The number of aliphatic hydroxyl groups is 3. The molecule has 5 heteroatoms. The Morgan fingerprint density at radius 1 is 0.933 bits per heavy atom. The Kier molecular flexibility index (Phi) is 5.60. The summed E-state index contributed by atoms with van der Waals surface area (Å²) >= 11 is 0. The lowest BCUT2D eigenvalue weighted by Gasteiger charge is -2.68. The minimum atomic E-state index is -0.751. The summed E-state index contributed by atoms with van der Waals surface area (Å²) in [6.07, 6.45) is 5.78. The largest absolute Gasteiger partial charge is 0.481 e. The summed E-state index contributed by atoms with van der Waals surface area (Å²) in [5.41, 5.74) is -0.452. The second kappa shape index (κ2) is 7.45. The summed E-state index contributed by atoms with van der Waals surface area (Å²) in [4.78, 5) is 11.1. The Labute approximate surface area is 181 Å². The molecule has 11 atom stereocenters. The number of carboxylic acid groups (broad SMARTS) is 1. The molecule has 0 spiro atoms. The maximum absolute atomic E-state index is 11.6. The first-order valence-corrected chi connectivity index (χ1v) is 12.2. The fourth-order valence-corrected chi connectivity index (χ4v) is 9.30. The van der Waals surface area contributed by atoms with E-state index in [1.54, 1.807) is 0 Å². The van der Waals surface area contributed by atoms with E-state index in [1.807, 2.05) is 0 Å². The number of aliphatic carboxylic acids is 1. The van der Waals surface area contributed by atoms with E-state index in [9.17, 15) is 20.1 Å². The fourth-order valence-electron chi connectivity index (χ4n) is 9.30. The molecule has 0 heterocycles. The molecule has 0 saturated heterocycles. The van der Waals surface area contributed by atoms with Crippen LogP contribution in [-0.4, -0.2) is 44.7 Å². The number of carbonyl (C=O) groups is 1. The van der Waals surface area contributed by atoms with Gasteiger partial charge < -0.3 is 20.4 Å². The van der Waals surface area contributed by atoms with Crippen molar-refractivity contribution in [2.75, 3.05) is 0 Å². The van der Waals surface area contributed by atoms with Crippen LogP contribution in [0.4, 0.5) is 0 Å². The van der Waals surface area contributed by atoms with Crippen LogP contribution in [0.3, 0.4) is 0 Å². The number of rotatable bonds is 4. The Bertz CT molecular complexity index is 680. The van der Waals surface area contributed by atoms with Gasteiger partial charge in [0.15, 0.2) is 0 Å². The molecule has 5 nitrogen and oxygen atoms in total. The third-order valence-corrected chi connectivity index (χ3v) is 11.0. The third-order valence-electron chi connectivity index (χ3n) is 11.0. The molecule has 4 saturated carbocycles. The first-order chi connectivity index (χ1) is 14.0. The standard InChI is InChI=1S/C25H42O5/c1-14(5-8-22(29)30)17-6-7-18-24(17,3)21(28)13-19-23(2)10-9-16(26)11-15(23)12-20(27)25(18,19)4/h14-21,26-28H,5-13H2,1-4H3,(H,29,30)/t14-,15+,16-,17-,18-,19-,20+,21?,23+,24-,25?/m1/s1. The molecule has 4 aliphatic carbocycles. The number of fused-ring (bicyclic) bond motifs is 5. The van der Waals surface area contributed by atoms with Gasteiger partial charge in [0.2, 0.25) is 0 Å². The summed E-state index contributed by atoms with van der Waals surface area (Å²) in [5.74, 6) is 0.611. The van der Waals surface area contributed by atoms with E-state index in [4.69, 9.17) is 5.11 Å². The Hall–Kier alpha value is -0.650. The van der Waals surface area contributed by atoms with Crippen LogP contribution in [0.1, 0.15) is 85.5 Å². The molecule has 2 unspecified atom stereocenters. The Morgan fingerprint density at radius 2 is 1.60 bits per heavy atom. The van der Waals surface area contributed by atoms with Gasteiger partial charge in [-0.15, -0.1) is 0 Å². The van der Waals surface area contributed by atoms with Gasteiger partial charge in [0.25, 0.3) is 0 Å². The van der Waals surface area contributed by atoms with Crippen LogP contribution in [0.2, 0.25) is 0 Å². The highest BCUT2D eigenvalue weighted by Gasteiger charge is 2.70. The molecule has 4 rings (SSSR count). The average Bonchev–Trinajstić information content (AvgIpc) is 3.04. The van der Waals surface area contributed by atoms with E-state index in [0.29, 0.717) is 24.7 Å².